The van der Waals surface area contributed by atoms with E-state index < -0.39 is 5.69 Å². The van der Waals surface area contributed by atoms with Crippen LogP contribution in [0.4, 0.5) is 0 Å². The molecule has 0 aliphatic carbocycles. The molecule has 20 heavy (non-hydrogen) atoms. The third-order valence-corrected chi connectivity index (χ3v) is 4.79. The minimum absolute atomic E-state index is 0.134. The van der Waals surface area contributed by atoms with Gasteiger partial charge in [0.1, 0.15) is 5.15 Å². The summed E-state index contributed by atoms with van der Waals surface area (Å²) in [5.41, 5.74) is -0.391. The second-order valence-electron chi connectivity index (χ2n) is 4.47. The van der Waals surface area contributed by atoms with Crippen molar-refractivity contribution in [1.29, 1.82) is 0 Å². The van der Waals surface area contributed by atoms with Crippen LogP contribution in [0.25, 0.3) is 0 Å². The van der Waals surface area contributed by atoms with Gasteiger partial charge in [-0.25, -0.2) is 4.79 Å². The van der Waals surface area contributed by atoms with Crippen molar-refractivity contribution in [3.63, 3.8) is 0 Å². The average Bonchev–Trinajstić information content (AvgIpc) is 2.81. The van der Waals surface area contributed by atoms with Crippen LogP contribution >= 0.6 is 34.5 Å². The zero-order valence-corrected chi connectivity index (χ0v) is 13.4. The predicted molar refractivity (Wildman–Crippen MR) is 83.5 cm³/mol. The first-order valence-corrected chi connectivity index (χ1v) is 7.81. The topological polar surface area (TPSA) is 54.9 Å². The minimum Gasteiger partial charge on any atom is -0.297 e. The summed E-state index contributed by atoms with van der Waals surface area (Å²) in [6.45, 7) is 3.75. The first-order chi connectivity index (χ1) is 9.45. The number of hydrogen-bond donors (Lipinski definition) is 1. The number of rotatable bonds is 4. The van der Waals surface area contributed by atoms with Crippen molar-refractivity contribution < 1.29 is 0 Å². The van der Waals surface area contributed by atoms with Gasteiger partial charge >= 0.3 is 5.69 Å². The Labute approximate surface area is 130 Å². The number of nitrogens with zero attached hydrogens (tertiary/aromatic N) is 1. The van der Waals surface area contributed by atoms with Crippen molar-refractivity contribution in [2.45, 2.75) is 32.7 Å². The first-order valence-electron chi connectivity index (χ1n) is 6.24. The van der Waals surface area contributed by atoms with Crippen LogP contribution < -0.4 is 11.2 Å². The van der Waals surface area contributed by atoms with Gasteiger partial charge in [0.15, 0.2) is 0 Å². The number of aromatic nitrogens is 2. The highest BCUT2D eigenvalue weighted by Gasteiger charge is 2.18. The van der Waals surface area contributed by atoms with E-state index in [-0.39, 0.29) is 16.8 Å². The Morgan fingerprint density at radius 2 is 2.05 bits per heavy atom. The third-order valence-electron chi connectivity index (χ3n) is 3.07. The van der Waals surface area contributed by atoms with E-state index in [2.05, 4.69) is 4.98 Å². The van der Waals surface area contributed by atoms with Crippen molar-refractivity contribution in [3.8, 4) is 0 Å². The van der Waals surface area contributed by atoms with Gasteiger partial charge in [-0.2, -0.15) is 0 Å². The van der Waals surface area contributed by atoms with Gasteiger partial charge in [0.25, 0.3) is 5.56 Å². The monoisotopic (exact) mass is 332 g/mol. The summed E-state index contributed by atoms with van der Waals surface area (Å²) < 4.78 is 1.82. The fraction of sp³-hybridized carbons (Fsp3) is 0.385. The van der Waals surface area contributed by atoms with Crippen molar-refractivity contribution in [2.24, 2.45) is 0 Å². The zero-order chi connectivity index (χ0) is 14.9. The first kappa shape index (κ1) is 15.4. The Balaban J connectivity index is 2.59. The van der Waals surface area contributed by atoms with E-state index in [1.807, 2.05) is 13.0 Å². The quantitative estimate of drug-likeness (QED) is 0.871. The fourth-order valence-corrected chi connectivity index (χ4v) is 3.42. The summed E-state index contributed by atoms with van der Waals surface area (Å²) in [6, 6.07) is 3.19. The molecule has 0 amide bonds. The van der Waals surface area contributed by atoms with Gasteiger partial charge in [-0.3, -0.25) is 14.3 Å². The van der Waals surface area contributed by atoms with E-state index in [1.165, 1.54) is 15.9 Å². The fourth-order valence-electron chi connectivity index (χ4n) is 2.06. The Morgan fingerprint density at radius 1 is 1.35 bits per heavy atom. The highest BCUT2D eigenvalue weighted by molar-refractivity contribution is 7.16. The van der Waals surface area contributed by atoms with Crippen LogP contribution in [0.1, 0.15) is 36.8 Å². The summed E-state index contributed by atoms with van der Waals surface area (Å²) in [5, 5.41) is 0.134. The van der Waals surface area contributed by atoms with E-state index in [1.54, 1.807) is 13.0 Å². The number of halogens is 2. The number of H-pyrrole nitrogens is 1. The maximum absolute atomic E-state index is 12.5. The summed E-state index contributed by atoms with van der Waals surface area (Å²) >= 11 is 13.2. The molecule has 2 aromatic heterocycles. The Bertz CT molecular complexity index is 733. The largest absolute Gasteiger partial charge is 0.330 e. The molecule has 0 radical (unpaired) electrons. The van der Waals surface area contributed by atoms with E-state index >= 15 is 0 Å². The molecule has 1 unspecified atom stereocenters. The summed E-state index contributed by atoms with van der Waals surface area (Å²) in [5.74, 6) is 0. The van der Waals surface area contributed by atoms with E-state index in [0.29, 0.717) is 16.3 Å². The minimum atomic E-state index is -0.503. The maximum Gasteiger partial charge on any atom is 0.330 e. The molecule has 0 saturated carbocycles. The number of thiophene rings is 1. The second-order valence-corrected chi connectivity index (χ2v) is 6.59. The molecule has 0 aliphatic rings. The van der Waals surface area contributed by atoms with Crippen LogP contribution in [0.5, 0.6) is 0 Å². The molecule has 2 heterocycles. The van der Waals surface area contributed by atoms with Crippen LogP contribution in [-0.2, 0) is 6.42 Å². The lowest BCUT2D eigenvalue weighted by Gasteiger charge is -2.14. The molecular formula is C13H14Cl2N2O2S. The second kappa shape index (κ2) is 6.16. The summed E-state index contributed by atoms with van der Waals surface area (Å²) in [6.07, 6.45) is 1.31. The Hall–Kier alpha value is -1.04. The van der Waals surface area contributed by atoms with E-state index in [4.69, 9.17) is 23.2 Å². The van der Waals surface area contributed by atoms with Gasteiger partial charge in [-0.1, -0.05) is 36.5 Å². The molecule has 1 atom stereocenters. The number of hydrogen-bond acceptors (Lipinski definition) is 3. The highest BCUT2D eigenvalue weighted by atomic mass is 35.5. The lowest BCUT2D eigenvalue weighted by molar-refractivity contribution is 0.578. The number of aromatic amines is 1. The molecule has 0 spiro atoms. The van der Waals surface area contributed by atoms with Crippen molar-refractivity contribution >= 4 is 34.5 Å². The van der Waals surface area contributed by atoms with Crippen LogP contribution in [-0.4, -0.2) is 9.55 Å². The molecule has 0 fully saturated rings. The van der Waals surface area contributed by atoms with Crippen molar-refractivity contribution in [3.05, 3.63) is 52.9 Å². The Kier molecular flexibility index (Phi) is 4.73. The van der Waals surface area contributed by atoms with Gasteiger partial charge in [0.2, 0.25) is 0 Å². The normalized spacial score (nSPS) is 12.6. The van der Waals surface area contributed by atoms with Crippen LogP contribution in [0.15, 0.2) is 21.7 Å². The van der Waals surface area contributed by atoms with Gasteiger partial charge in [-0.05, 0) is 25.5 Å². The summed E-state index contributed by atoms with van der Waals surface area (Å²) in [4.78, 5) is 27.9. The van der Waals surface area contributed by atoms with Crippen molar-refractivity contribution in [1.82, 2.24) is 9.55 Å². The van der Waals surface area contributed by atoms with E-state index in [0.717, 1.165) is 11.3 Å². The average molecular weight is 333 g/mol. The van der Waals surface area contributed by atoms with Gasteiger partial charge in [0, 0.05) is 4.88 Å². The van der Waals surface area contributed by atoms with Crippen molar-refractivity contribution in [2.75, 3.05) is 0 Å². The predicted octanol–water partition coefficient (Wildman–Crippen LogP) is 3.47. The third kappa shape index (κ3) is 2.85. The molecule has 0 aliphatic heterocycles. The molecule has 2 aromatic rings. The molecule has 2 rings (SSSR count). The zero-order valence-electron chi connectivity index (χ0n) is 11.1. The van der Waals surface area contributed by atoms with E-state index in [9.17, 15) is 9.59 Å². The SMILES string of the molecule is CCCc1c(Cl)[nH]c(=O)n(C(C)c2ccc(Cl)s2)c1=O. The lowest BCUT2D eigenvalue weighted by atomic mass is 10.2. The lowest BCUT2D eigenvalue weighted by Crippen LogP contribution is -2.39. The number of nitrogens with one attached hydrogen (secondary N) is 1. The Morgan fingerprint density at radius 3 is 2.60 bits per heavy atom. The molecular weight excluding hydrogens is 319 g/mol. The highest BCUT2D eigenvalue weighted by Crippen LogP contribution is 2.27. The molecule has 1 N–H and O–H groups in total. The van der Waals surface area contributed by atoms with Crippen LogP contribution in [0.3, 0.4) is 0 Å². The molecule has 7 heteroatoms. The smallest absolute Gasteiger partial charge is 0.297 e. The van der Waals surface area contributed by atoms with Gasteiger partial charge in [-0.15, -0.1) is 11.3 Å². The molecule has 0 saturated heterocycles. The van der Waals surface area contributed by atoms with Gasteiger partial charge < -0.3 is 0 Å². The summed E-state index contributed by atoms with van der Waals surface area (Å²) in [7, 11) is 0. The molecule has 4 nitrogen and oxygen atoms in total. The standard InChI is InChI=1S/C13H14Cl2N2O2S/c1-3-4-8-11(15)16-13(19)17(12(8)18)7(2)9-5-6-10(14)20-9/h5-7H,3-4H2,1-2H3,(H,16,19). The van der Waals surface area contributed by atoms with Crippen LogP contribution in [0.2, 0.25) is 9.49 Å². The molecule has 108 valence electrons. The molecule has 0 aromatic carbocycles. The molecule has 0 bridgehead atoms. The maximum atomic E-state index is 12.5. The van der Waals surface area contributed by atoms with Gasteiger partial charge in [0.05, 0.1) is 15.9 Å². The van der Waals surface area contributed by atoms with Crippen LogP contribution in [0, 0.1) is 0 Å².